The van der Waals surface area contributed by atoms with Gasteiger partial charge in [0.2, 0.25) is 0 Å². The number of benzene rings is 1. The first kappa shape index (κ1) is 20.8. The Morgan fingerprint density at radius 2 is 2.17 bits per heavy atom. The third-order valence-electron chi connectivity index (χ3n) is 3.72. The van der Waals surface area contributed by atoms with Crippen molar-refractivity contribution in [1.29, 1.82) is 0 Å². The highest BCUT2D eigenvalue weighted by Crippen LogP contribution is 2.17. The fourth-order valence-electron chi connectivity index (χ4n) is 2.54. The first-order valence-corrected chi connectivity index (χ1v) is 8.30. The molecule has 1 fully saturated rings. The normalized spacial score (nSPS) is 16.6. The molecule has 2 heterocycles. The summed E-state index contributed by atoms with van der Waals surface area (Å²) in [5.41, 5.74) is 1.02. The van der Waals surface area contributed by atoms with E-state index in [4.69, 9.17) is 0 Å². The Labute approximate surface area is 157 Å². The number of thiazole rings is 1. The number of carbonyl (C=O) groups is 1. The van der Waals surface area contributed by atoms with Gasteiger partial charge in [-0.3, -0.25) is 4.79 Å². The van der Waals surface area contributed by atoms with Crippen molar-refractivity contribution in [2.24, 2.45) is 0 Å². The molecular formula is C16H20Cl2FN3OS. The third kappa shape index (κ3) is 5.41. The predicted octanol–water partition coefficient (Wildman–Crippen LogP) is 3.20. The van der Waals surface area contributed by atoms with E-state index in [2.05, 4.69) is 15.6 Å². The number of rotatable bonds is 4. The Morgan fingerprint density at radius 3 is 2.88 bits per heavy atom. The van der Waals surface area contributed by atoms with Crippen molar-refractivity contribution in [2.75, 3.05) is 13.1 Å². The topological polar surface area (TPSA) is 54.0 Å². The maximum atomic E-state index is 13.6. The molecule has 132 valence electrons. The molecule has 1 aliphatic rings. The van der Waals surface area contributed by atoms with Crippen LogP contribution in [0.5, 0.6) is 0 Å². The van der Waals surface area contributed by atoms with Gasteiger partial charge in [0.25, 0.3) is 5.91 Å². The summed E-state index contributed by atoms with van der Waals surface area (Å²) < 4.78 is 13.6. The molecule has 24 heavy (non-hydrogen) atoms. The second-order valence-electron chi connectivity index (χ2n) is 5.41. The Hall–Kier alpha value is -1.21. The Bertz CT molecular complexity index is 662. The summed E-state index contributed by atoms with van der Waals surface area (Å²) in [7, 11) is 0. The van der Waals surface area contributed by atoms with Crippen molar-refractivity contribution in [3.63, 3.8) is 0 Å². The first-order chi connectivity index (χ1) is 10.7. The van der Waals surface area contributed by atoms with Crippen LogP contribution in [0.25, 0.3) is 0 Å². The molecule has 4 nitrogen and oxygen atoms in total. The number of amides is 1. The summed E-state index contributed by atoms with van der Waals surface area (Å²) in [5.74, 6) is -0.387. The molecule has 0 radical (unpaired) electrons. The number of halogens is 3. The highest BCUT2D eigenvalue weighted by Gasteiger charge is 2.18. The van der Waals surface area contributed by atoms with Gasteiger partial charge >= 0.3 is 0 Å². The lowest BCUT2D eigenvalue weighted by atomic mass is 10.1. The number of hydrogen-bond donors (Lipinski definition) is 2. The molecule has 1 aliphatic heterocycles. The predicted molar refractivity (Wildman–Crippen MR) is 99.2 cm³/mol. The van der Waals surface area contributed by atoms with E-state index in [1.54, 1.807) is 23.6 Å². The number of nitrogens with zero attached hydrogens (tertiary/aromatic N) is 1. The van der Waals surface area contributed by atoms with Gasteiger partial charge in [0.1, 0.15) is 11.5 Å². The molecule has 8 heteroatoms. The maximum absolute atomic E-state index is 13.6. The zero-order valence-corrected chi connectivity index (χ0v) is 15.4. The van der Waals surface area contributed by atoms with Gasteiger partial charge in [0.15, 0.2) is 0 Å². The maximum Gasteiger partial charge on any atom is 0.271 e. The quantitative estimate of drug-likeness (QED) is 0.840. The molecule has 0 aliphatic carbocycles. The van der Waals surface area contributed by atoms with Crippen molar-refractivity contribution in [1.82, 2.24) is 15.6 Å². The molecule has 1 amide bonds. The number of piperidine rings is 1. The van der Waals surface area contributed by atoms with E-state index in [-0.39, 0.29) is 42.6 Å². The molecule has 0 saturated carbocycles. The van der Waals surface area contributed by atoms with Crippen LogP contribution in [0.2, 0.25) is 0 Å². The number of hydrogen-bond acceptors (Lipinski definition) is 4. The van der Waals surface area contributed by atoms with Crippen LogP contribution in [0, 0.1) is 5.82 Å². The van der Waals surface area contributed by atoms with Gasteiger partial charge in [0.05, 0.1) is 5.01 Å². The molecular weight excluding hydrogens is 372 g/mol. The molecule has 3 rings (SSSR count). The van der Waals surface area contributed by atoms with Gasteiger partial charge in [-0.2, -0.15) is 0 Å². The number of carbonyl (C=O) groups excluding carboxylic acids is 1. The minimum Gasteiger partial charge on any atom is -0.347 e. The second-order valence-corrected chi connectivity index (χ2v) is 6.35. The third-order valence-corrected chi connectivity index (χ3v) is 4.56. The van der Waals surface area contributed by atoms with Crippen LogP contribution < -0.4 is 10.6 Å². The van der Waals surface area contributed by atoms with Crippen LogP contribution in [-0.2, 0) is 6.42 Å². The fourth-order valence-corrected chi connectivity index (χ4v) is 3.33. The fraction of sp³-hybridized carbons (Fsp3) is 0.375. The number of aromatic nitrogens is 1. The van der Waals surface area contributed by atoms with Crippen LogP contribution in [0.3, 0.4) is 0 Å². The van der Waals surface area contributed by atoms with Crippen molar-refractivity contribution in [3.05, 3.63) is 51.7 Å². The van der Waals surface area contributed by atoms with Crippen molar-refractivity contribution in [2.45, 2.75) is 25.3 Å². The van der Waals surface area contributed by atoms with E-state index >= 15 is 0 Å². The van der Waals surface area contributed by atoms with E-state index in [1.165, 1.54) is 17.4 Å². The van der Waals surface area contributed by atoms with E-state index < -0.39 is 0 Å². The average Bonchev–Trinajstić information content (AvgIpc) is 2.99. The summed E-state index contributed by atoms with van der Waals surface area (Å²) in [4.78, 5) is 16.5. The molecule has 0 bridgehead atoms. The number of nitrogens with one attached hydrogen (secondary N) is 2. The minimum absolute atomic E-state index is 0. The van der Waals surface area contributed by atoms with E-state index in [9.17, 15) is 9.18 Å². The molecule has 0 spiro atoms. The van der Waals surface area contributed by atoms with E-state index in [1.807, 2.05) is 0 Å². The molecule has 1 atom stereocenters. The lowest BCUT2D eigenvalue weighted by Crippen LogP contribution is -2.45. The van der Waals surface area contributed by atoms with E-state index in [0.29, 0.717) is 17.7 Å². The van der Waals surface area contributed by atoms with Crippen LogP contribution in [0.15, 0.2) is 29.6 Å². The molecule has 2 aromatic rings. The summed E-state index contributed by atoms with van der Waals surface area (Å²) in [6.45, 7) is 1.81. The van der Waals surface area contributed by atoms with Gasteiger partial charge in [-0.1, -0.05) is 18.2 Å². The summed E-state index contributed by atoms with van der Waals surface area (Å²) in [5, 5.41) is 8.74. The van der Waals surface area contributed by atoms with Crippen LogP contribution in [0.4, 0.5) is 4.39 Å². The Morgan fingerprint density at radius 1 is 1.38 bits per heavy atom. The van der Waals surface area contributed by atoms with Gasteiger partial charge < -0.3 is 10.6 Å². The average molecular weight is 392 g/mol. The van der Waals surface area contributed by atoms with Crippen molar-refractivity contribution < 1.29 is 9.18 Å². The van der Waals surface area contributed by atoms with E-state index in [0.717, 1.165) is 30.9 Å². The summed E-state index contributed by atoms with van der Waals surface area (Å²) in [6, 6.07) is 6.81. The van der Waals surface area contributed by atoms with Crippen molar-refractivity contribution >= 4 is 42.1 Å². The largest absolute Gasteiger partial charge is 0.347 e. The smallest absolute Gasteiger partial charge is 0.271 e. The molecule has 1 aromatic carbocycles. The van der Waals surface area contributed by atoms with Gasteiger partial charge in [-0.15, -0.1) is 36.2 Å². The molecule has 1 unspecified atom stereocenters. The standard InChI is InChI=1S/C16H18FN3OS.2ClH/c17-13-6-2-1-4-11(13)8-15-20-14(10-22-15)16(21)19-12-5-3-7-18-9-12;;/h1-2,4,6,10,12,18H,3,5,7-9H2,(H,19,21);2*1H. The van der Waals surface area contributed by atoms with Crippen LogP contribution >= 0.6 is 36.2 Å². The first-order valence-electron chi connectivity index (χ1n) is 7.42. The highest BCUT2D eigenvalue weighted by molar-refractivity contribution is 7.09. The highest BCUT2D eigenvalue weighted by atomic mass is 35.5. The Kier molecular flexibility index (Phi) is 8.62. The van der Waals surface area contributed by atoms with Crippen LogP contribution in [0.1, 0.15) is 33.9 Å². The second kappa shape index (κ2) is 9.93. The Balaban J connectivity index is 0.00000144. The van der Waals surface area contributed by atoms with Gasteiger partial charge in [0, 0.05) is 24.4 Å². The molecule has 1 aromatic heterocycles. The molecule has 1 saturated heterocycles. The molecule has 2 N–H and O–H groups in total. The lowest BCUT2D eigenvalue weighted by molar-refractivity contribution is 0.0926. The lowest BCUT2D eigenvalue weighted by Gasteiger charge is -2.23. The van der Waals surface area contributed by atoms with Gasteiger partial charge in [-0.25, -0.2) is 9.37 Å². The van der Waals surface area contributed by atoms with Crippen molar-refractivity contribution in [3.8, 4) is 0 Å². The summed E-state index contributed by atoms with van der Waals surface area (Å²) in [6.07, 6.45) is 2.47. The van der Waals surface area contributed by atoms with Gasteiger partial charge in [-0.05, 0) is 31.0 Å². The SMILES string of the molecule is Cl.Cl.O=C(NC1CCCNC1)c1csc(Cc2ccccc2F)n1. The van der Waals surface area contributed by atoms with Crippen LogP contribution in [-0.4, -0.2) is 30.0 Å². The zero-order chi connectivity index (χ0) is 15.4. The monoisotopic (exact) mass is 391 g/mol. The summed E-state index contributed by atoms with van der Waals surface area (Å²) >= 11 is 1.39. The minimum atomic E-state index is -0.239. The zero-order valence-electron chi connectivity index (χ0n) is 13.0.